The van der Waals surface area contributed by atoms with E-state index in [-0.39, 0.29) is 6.79 Å². The van der Waals surface area contributed by atoms with Crippen molar-refractivity contribution in [1.82, 2.24) is 0 Å². The molecule has 3 rings (SSSR count). The fourth-order valence-corrected chi connectivity index (χ4v) is 2.41. The zero-order valence-corrected chi connectivity index (χ0v) is 13.2. The molecule has 2 aromatic carbocycles. The number of rotatable bonds is 4. The first-order valence-electron chi connectivity index (χ1n) is 7.37. The number of para-hydroxylation sites is 1. The summed E-state index contributed by atoms with van der Waals surface area (Å²) in [6.45, 7) is 0.679. The fraction of sp³-hybridized carbons (Fsp3) is 0.176. The van der Waals surface area contributed by atoms with Crippen LogP contribution in [0.5, 0.6) is 11.5 Å². The van der Waals surface area contributed by atoms with Crippen molar-refractivity contribution >= 4 is 23.2 Å². The van der Waals surface area contributed by atoms with E-state index in [0.717, 1.165) is 24.0 Å². The number of carbonyl (C=O) groups is 2. The highest BCUT2D eigenvalue weighted by Crippen LogP contribution is 2.34. The topological polar surface area (TPSA) is 67.9 Å². The molecule has 1 N–H and O–H groups in total. The average molecular weight is 348 g/mol. The molecule has 1 heterocycles. The van der Waals surface area contributed by atoms with E-state index < -0.39 is 35.7 Å². The second-order valence-corrected chi connectivity index (χ2v) is 5.29. The first kappa shape index (κ1) is 16.7. The second-order valence-electron chi connectivity index (χ2n) is 5.29. The van der Waals surface area contributed by atoms with Gasteiger partial charge in [0.05, 0.1) is 0 Å². The lowest BCUT2D eigenvalue weighted by atomic mass is 10.2. The third-order valence-corrected chi connectivity index (χ3v) is 3.55. The number of carbonyl (C=O) groups excluding carboxylic acids is 2. The largest absolute Gasteiger partial charge is 0.454 e. The number of nitrogens with zero attached hydrogens (tertiary/aromatic N) is 1. The Bertz CT molecular complexity index is 821. The van der Waals surface area contributed by atoms with Gasteiger partial charge in [0, 0.05) is 18.7 Å². The van der Waals surface area contributed by atoms with Crippen LogP contribution < -0.4 is 19.7 Å². The SMILES string of the molecule is CC(=O)N(CC(=O)Nc1ccc2c(c1)OCO2)c1c(F)cccc1F. The van der Waals surface area contributed by atoms with Gasteiger partial charge in [-0.05, 0) is 24.3 Å². The number of hydrogen-bond donors (Lipinski definition) is 1. The smallest absolute Gasteiger partial charge is 0.244 e. The Morgan fingerprint density at radius 3 is 2.48 bits per heavy atom. The molecule has 0 unspecified atom stereocenters. The van der Waals surface area contributed by atoms with Gasteiger partial charge in [0.1, 0.15) is 23.9 Å². The Labute approximate surface area is 141 Å². The minimum Gasteiger partial charge on any atom is -0.454 e. The van der Waals surface area contributed by atoms with Gasteiger partial charge in [-0.2, -0.15) is 0 Å². The summed E-state index contributed by atoms with van der Waals surface area (Å²) >= 11 is 0. The molecule has 0 saturated carbocycles. The highest BCUT2D eigenvalue weighted by molar-refractivity contribution is 6.02. The van der Waals surface area contributed by atoms with Crippen LogP contribution in [0.4, 0.5) is 20.2 Å². The Balaban J connectivity index is 1.76. The molecular formula is C17H14F2N2O4. The highest BCUT2D eigenvalue weighted by Gasteiger charge is 2.23. The van der Waals surface area contributed by atoms with E-state index in [1.165, 1.54) is 6.07 Å². The highest BCUT2D eigenvalue weighted by atomic mass is 19.1. The molecule has 2 aromatic rings. The maximum Gasteiger partial charge on any atom is 0.244 e. The molecule has 0 spiro atoms. The Morgan fingerprint density at radius 1 is 1.12 bits per heavy atom. The third-order valence-electron chi connectivity index (χ3n) is 3.55. The minimum atomic E-state index is -0.925. The van der Waals surface area contributed by atoms with Gasteiger partial charge in [-0.3, -0.25) is 14.5 Å². The summed E-state index contributed by atoms with van der Waals surface area (Å²) in [5.74, 6) is -2.10. The van der Waals surface area contributed by atoms with Gasteiger partial charge in [0.25, 0.3) is 0 Å². The normalized spacial score (nSPS) is 12.0. The predicted octanol–water partition coefficient (Wildman–Crippen LogP) is 2.69. The molecule has 130 valence electrons. The van der Waals surface area contributed by atoms with E-state index in [2.05, 4.69) is 5.32 Å². The molecule has 0 aliphatic carbocycles. The van der Waals surface area contributed by atoms with Gasteiger partial charge < -0.3 is 14.8 Å². The Morgan fingerprint density at radius 2 is 1.80 bits per heavy atom. The summed E-state index contributed by atoms with van der Waals surface area (Å²) in [4.78, 5) is 24.7. The molecule has 25 heavy (non-hydrogen) atoms. The van der Waals surface area contributed by atoms with E-state index in [1.54, 1.807) is 18.2 Å². The van der Waals surface area contributed by atoms with Crippen molar-refractivity contribution in [2.75, 3.05) is 23.6 Å². The van der Waals surface area contributed by atoms with Crippen LogP contribution in [0.3, 0.4) is 0 Å². The van der Waals surface area contributed by atoms with Crippen molar-refractivity contribution < 1.29 is 27.8 Å². The van der Waals surface area contributed by atoms with Crippen LogP contribution in [-0.2, 0) is 9.59 Å². The molecule has 0 atom stereocenters. The lowest BCUT2D eigenvalue weighted by Crippen LogP contribution is -2.37. The second kappa shape index (κ2) is 6.76. The minimum absolute atomic E-state index is 0.0947. The quantitative estimate of drug-likeness (QED) is 0.922. The van der Waals surface area contributed by atoms with Crippen LogP contribution in [0.2, 0.25) is 0 Å². The van der Waals surface area contributed by atoms with E-state index >= 15 is 0 Å². The molecule has 0 aromatic heterocycles. The first-order valence-corrected chi connectivity index (χ1v) is 7.37. The van der Waals surface area contributed by atoms with Crippen molar-refractivity contribution in [3.63, 3.8) is 0 Å². The summed E-state index contributed by atoms with van der Waals surface area (Å²) in [6, 6.07) is 7.99. The Hall–Kier alpha value is -3.16. The number of nitrogens with one attached hydrogen (secondary N) is 1. The van der Waals surface area contributed by atoms with E-state index in [9.17, 15) is 18.4 Å². The average Bonchev–Trinajstić information content (AvgIpc) is 3.01. The van der Waals surface area contributed by atoms with Gasteiger partial charge in [0.2, 0.25) is 18.6 Å². The van der Waals surface area contributed by atoms with Crippen molar-refractivity contribution in [2.45, 2.75) is 6.92 Å². The third kappa shape index (κ3) is 3.52. The standard InChI is InChI=1S/C17H14F2N2O4/c1-10(22)21(17-12(18)3-2-4-13(17)19)8-16(23)20-11-5-6-14-15(7-11)25-9-24-14/h2-7H,8-9H2,1H3,(H,20,23). The number of anilines is 2. The molecule has 0 bridgehead atoms. The number of halogens is 2. The van der Waals surface area contributed by atoms with E-state index in [1.807, 2.05) is 0 Å². The van der Waals surface area contributed by atoms with Gasteiger partial charge in [-0.1, -0.05) is 6.07 Å². The molecule has 8 heteroatoms. The molecule has 1 aliphatic heterocycles. The lowest BCUT2D eigenvalue weighted by molar-refractivity contribution is -0.120. The van der Waals surface area contributed by atoms with Gasteiger partial charge in [-0.15, -0.1) is 0 Å². The summed E-state index contributed by atoms with van der Waals surface area (Å²) in [5, 5.41) is 2.55. The maximum absolute atomic E-state index is 13.9. The summed E-state index contributed by atoms with van der Waals surface area (Å²) in [5.41, 5.74) is -0.150. The molecule has 6 nitrogen and oxygen atoms in total. The monoisotopic (exact) mass is 348 g/mol. The van der Waals surface area contributed by atoms with E-state index in [0.29, 0.717) is 17.2 Å². The number of benzene rings is 2. The fourth-order valence-electron chi connectivity index (χ4n) is 2.41. The zero-order valence-electron chi connectivity index (χ0n) is 13.2. The number of amides is 2. The van der Waals surface area contributed by atoms with Gasteiger partial charge in [-0.25, -0.2) is 8.78 Å². The molecule has 2 amide bonds. The van der Waals surface area contributed by atoms with E-state index in [4.69, 9.17) is 9.47 Å². The summed E-state index contributed by atoms with van der Waals surface area (Å²) < 4.78 is 38.2. The number of fused-ring (bicyclic) bond motifs is 1. The van der Waals surface area contributed by atoms with Crippen molar-refractivity contribution in [3.8, 4) is 11.5 Å². The van der Waals surface area contributed by atoms with Gasteiger partial charge >= 0.3 is 0 Å². The van der Waals surface area contributed by atoms with Crippen molar-refractivity contribution in [2.24, 2.45) is 0 Å². The van der Waals surface area contributed by atoms with Gasteiger partial charge in [0.15, 0.2) is 11.5 Å². The summed E-state index contributed by atoms with van der Waals surface area (Å²) in [6.07, 6.45) is 0. The Kier molecular flexibility index (Phi) is 4.51. The first-order chi connectivity index (χ1) is 12.0. The lowest BCUT2D eigenvalue weighted by Gasteiger charge is -2.21. The van der Waals surface area contributed by atoms with Crippen LogP contribution in [-0.4, -0.2) is 25.2 Å². The molecule has 0 radical (unpaired) electrons. The van der Waals surface area contributed by atoms with Crippen LogP contribution in [0.1, 0.15) is 6.92 Å². The summed E-state index contributed by atoms with van der Waals surface area (Å²) in [7, 11) is 0. The maximum atomic E-state index is 13.9. The van der Waals surface area contributed by atoms with Crippen LogP contribution in [0, 0.1) is 11.6 Å². The number of hydrogen-bond acceptors (Lipinski definition) is 4. The van der Waals surface area contributed by atoms with Crippen molar-refractivity contribution in [1.29, 1.82) is 0 Å². The number of ether oxygens (including phenoxy) is 2. The molecule has 0 fully saturated rings. The molecule has 1 aliphatic rings. The predicted molar refractivity (Wildman–Crippen MR) is 85.6 cm³/mol. The molecular weight excluding hydrogens is 334 g/mol. The van der Waals surface area contributed by atoms with Crippen LogP contribution >= 0.6 is 0 Å². The van der Waals surface area contributed by atoms with Crippen LogP contribution in [0.25, 0.3) is 0 Å². The molecule has 0 saturated heterocycles. The van der Waals surface area contributed by atoms with Crippen molar-refractivity contribution in [3.05, 3.63) is 48.0 Å². The van der Waals surface area contributed by atoms with Crippen LogP contribution in [0.15, 0.2) is 36.4 Å². The zero-order chi connectivity index (χ0) is 18.0.